The Morgan fingerprint density at radius 1 is 1.22 bits per heavy atom. The standard InChI is InChI=1S/C26H32FN5O4S/c1-3-10-28-25(34)20-16-37-26(29-20)22-23(17-4-6-19(27)7-5-17)30-31-24(22)18-8-11-32(12-9-18)21(33)15-36-14-13-35-2/h4-7,16,18H,3,8-15H2,1-2H3,(H,28,34)(H,30,31). The highest BCUT2D eigenvalue weighted by molar-refractivity contribution is 7.13. The molecular formula is C26H32FN5O4S. The Labute approximate surface area is 219 Å². The van der Waals surface area contributed by atoms with Crippen LogP contribution in [0.4, 0.5) is 4.39 Å². The number of halogens is 1. The highest BCUT2D eigenvalue weighted by Crippen LogP contribution is 2.41. The fraction of sp³-hybridized carbons (Fsp3) is 0.462. The van der Waals surface area contributed by atoms with Gasteiger partial charge in [-0.2, -0.15) is 5.10 Å². The number of likely N-dealkylation sites (tertiary alicyclic amines) is 1. The largest absolute Gasteiger partial charge is 0.382 e. The number of nitrogens with zero attached hydrogens (tertiary/aromatic N) is 3. The summed E-state index contributed by atoms with van der Waals surface area (Å²) in [6.07, 6.45) is 2.33. The van der Waals surface area contributed by atoms with Gasteiger partial charge in [-0.25, -0.2) is 9.37 Å². The van der Waals surface area contributed by atoms with Gasteiger partial charge in [-0.1, -0.05) is 6.92 Å². The lowest BCUT2D eigenvalue weighted by Crippen LogP contribution is -2.40. The molecule has 0 aliphatic carbocycles. The molecule has 1 aromatic carbocycles. The van der Waals surface area contributed by atoms with Crippen LogP contribution < -0.4 is 5.32 Å². The molecule has 9 nitrogen and oxygen atoms in total. The highest BCUT2D eigenvalue weighted by atomic mass is 32.1. The molecule has 1 saturated heterocycles. The summed E-state index contributed by atoms with van der Waals surface area (Å²) in [5, 5.41) is 13.1. The van der Waals surface area contributed by atoms with E-state index in [4.69, 9.17) is 9.47 Å². The van der Waals surface area contributed by atoms with Crippen molar-refractivity contribution in [1.29, 1.82) is 0 Å². The van der Waals surface area contributed by atoms with Gasteiger partial charge in [-0.05, 0) is 43.5 Å². The summed E-state index contributed by atoms with van der Waals surface area (Å²) in [6.45, 7) is 4.65. The van der Waals surface area contributed by atoms with Crippen LogP contribution in [0.2, 0.25) is 0 Å². The van der Waals surface area contributed by atoms with Crippen LogP contribution in [-0.2, 0) is 14.3 Å². The minimum atomic E-state index is -0.326. The molecule has 3 heterocycles. The van der Waals surface area contributed by atoms with Gasteiger partial charge in [-0.3, -0.25) is 14.7 Å². The number of aromatic amines is 1. The Balaban J connectivity index is 1.56. The van der Waals surface area contributed by atoms with Crippen molar-refractivity contribution in [2.24, 2.45) is 0 Å². The van der Waals surface area contributed by atoms with E-state index >= 15 is 0 Å². The quantitative estimate of drug-likeness (QED) is 0.365. The van der Waals surface area contributed by atoms with E-state index in [2.05, 4.69) is 20.5 Å². The molecule has 2 N–H and O–H groups in total. The van der Waals surface area contributed by atoms with Crippen molar-refractivity contribution in [3.63, 3.8) is 0 Å². The zero-order valence-electron chi connectivity index (χ0n) is 21.1. The van der Waals surface area contributed by atoms with E-state index in [1.807, 2.05) is 11.8 Å². The van der Waals surface area contributed by atoms with Gasteiger partial charge in [0.2, 0.25) is 5.91 Å². The topological polar surface area (TPSA) is 109 Å². The van der Waals surface area contributed by atoms with Crippen LogP contribution in [0.25, 0.3) is 21.8 Å². The summed E-state index contributed by atoms with van der Waals surface area (Å²) in [5.41, 5.74) is 3.51. The molecule has 0 radical (unpaired) electrons. The van der Waals surface area contributed by atoms with Gasteiger partial charge in [-0.15, -0.1) is 11.3 Å². The summed E-state index contributed by atoms with van der Waals surface area (Å²) in [6, 6.07) is 6.17. The van der Waals surface area contributed by atoms with Crippen LogP contribution in [0.15, 0.2) is 29.6 Å². The number of benzene rings is 1. The zero-order chi connectivity index (χ0) is 26.2. The first kappa shape index (κ1) is 26.9. The third-order valence-electron chi connectivity index (χ3n) is 6.31. The Morgan fingerprint density at radius 3 is 2.68 bits per heavy atom. The van der Waals surface area contributed by atoms with Crippen LogP contribution in [-0.4, -0.2) is 78.5 Å². The van der Waals surface area contributed by atoms with Crippen LogP contribution in [0.3, 0.4) is 0 Å². The van der Waals surface area contributed by atoms with Gasteiger partial charge in [0, 0.05) is 49.3 Å². The second-order valence-corrected chi connectivity index (χ2v) is 9.72. The highest BCUT2D eigenvalue weighted by Gasteiger charge is 2.30. The van der Waals surface area contributed by atoms with E-state index in [1.54, 1.807) is 24.6 Å². The normalized spacial score (nSPS) is 14.2. The Kier molecular flexibility index (Phi) is 9.37. The third-order valence-corrected chi connectivity index (χ3v) is 7.17. The molecular weight excluding hydrogens is 497 g/mol. The van der Waals surface area contributed by atoms with Gasteiger partial charge >= 0.3 is 0 Å². The number of hydrogen-bond acceptors (Lipinski definition) is 7. The lowest BCUT2D eigenvalue weighted by Gasteiger charge is -2.31. The first-order chi connectivity index (χ1) is 18.0. The first-order valence-corrected chi connectivity index (χ1v) is 13.3. The average Bonchev–Trinajstić information content (AvgIpc) is 3.58. The number of H-pyrrole nitrogens is 1. The van der Waals surface area contributed by atoms with Crippen LogP contribution in [0.5, 0.6) is 0 Å². The summed E-state index contributed by atoms with van der Waals surface area (Å²) < 4.78 is 23.9. The van der Waals surface area contributed by atoms with Gasteiger partial charge in [0.25, 0.3) is 5.91 Å². The fourth-order valence-electron chi connectivity index (χ4n) is 4.32. The molecule has 2 amide bonds. The van der Waals surface area contributed by atoms with Gasteiger partial charge in [0.05, 0.1) is 18.8 Å². The first-order valence-electron chi connectivity index (χ1n) is 12.4. The number of nitrogens with one attached hydrogen (secondary N) is 2. The number of ether oxygens (including phenoxy) is 2. The number of carbonyl (C=O) groups excluding carboxylic acids is 2. The molecule has 37 heavy (non-hydrogen) atoms. The van der Waals surface area contributed by atoms with E-state index in [0.717, 1.165) is 36.1 Å². The van der Waals surface area contributed by atoms with Crippen molar-refractivity contribution in [2.75, 3.05) is 46.6 Å². The number of aromatic nitrogens is 3. The summed E-state index contributed by atoms with van der Waals surface area (Å²) in [4.78, 5) is 31.5. The number of hydrogen-bond donors (Lipinski definition) is 2. The number of methoxy groups -OCH3 is 1. The molecule has 11 heteroatoms. The lowest BCUT2D eigenvalue weighted by atomic mass is 9.90. The third kappa shape index (κ3) is 6.60. The second-order valence-electron chi connectivity index (χ2n) is 8.86. The predicted molar refractivity (Wildman–Crippen MR) is 139 cm³/mol. The van der Waals surface area contributed by atoms with Gasteiger partial charge in [0.1, 0.15) is 28.8 Å². The number of rotatable bonds is 11. The van der Waals surface area contributed by atoms with Crippen molar-refractivity contribution in [2.45, 2.75) is 32.1 Å². The minimum absolute atomic E-state index is 0.0333. The number of carbonyl (C=O) groups is 2. The van der Waals surface area contributed by atoms with Crippen LogP contribution >= 0.6 is 11.3 Å². The Bertz CT molecular complexity index is 1190. The maximum Gasteiger partial charge on any atom is 0.270 e. The Morgan fingerprint density at radius 2 is 1.97 bits per heavy atom. The molecule has 1 fully saturated rings. The smallest absolute Gasteiger partial charge is 0.270 e. The van der Waals surface area contributed by atoms with E-state index in [1.165, 1.54) is 23.5 Å². The lowest BCUT2D eigenvalue weighted by molar-refractivity contribution is -0.137. The van der Waals surface area contributed by atoms with Crippen molar-refractivity contribution in [3.8, 4) is 21.8 Å². The number of thiazole rings is 1. The van der Waals surface area contributed by atoms with Crippen LogP contribution in [0, 0.1) is 5.82 Å². The summed E-state index contributed by atoms with van der Waals surface area (Å²) in [5.74, 6) is -0.448. The van der Waals surface area contributed by atoms with Gasteiger partial charge in [0.15, 0.2) is 0 Å². The molecule has 2 aromatic heterocycles. The summed E-state index contributed by atoms with van der Waals surface area (Å²) >= 11 is 1.38. The molecule has 0 spiro atoms. The van der Waals surface area contributed by atoms with Crippen molar-refractivity contribution >= 4 is 23.2 Å². The maximum absolute atomic E-state index is 13.6. The van der Waals surface area contributed by atoms with Crippen molar-refractivity contribution < 1.29 is 23.5 Å². The Hall–Kier alpha value is -3.15. The molecule has 1 aliphatic rings. The van der Waals surface area contributed by atoms with Crippen LogP contribution in [0.1, 0.15) is 48.3 Å². The fourth-order valence-corrected chi connectivity index (χ4v) is 5.18. The van der Waals surface area contributed by atoms with Gasteiger partial charge < -0.3 is 19.7 Å². The predicted octanol–water partition coefficient (Wildman–Crippen LogP) is 3.85. The van der Waals surface area contributed by atoms with E-state index in [0.29, 0.717) is 49.2 Å². The summed E-state index contributed by atoms with van der Waals surface area (Å²) in [7, 11) is 1.59. The molecule has 0 unspecified atom stereocenters. The molecule has 3 aromatic rings. The maximum atomic E-state index is 13.6. The molecule has 0 atom stereocenters. The average molecular weight is 530 g/mol. The van der Waals surface area contributed by atoms with E-state index < -0.39 is 0 Å². The van der Waals surface area contributed by atoms with E-state index in [9.17, 15) is 14.0 Å². The molecule has 0 saturated carbocycles. The van der Waals surface area contributed by atoms with E-state index in [-0.39, 0.29) is 30.2 Å². The molecule has 4 rings (SSSR count). The molecule has 198 valence electrons. The number of amides is 2. The van der Waals surface area contributed by atoms with Crippen molar-refractivity contribution in [1.82, 2.24) is 25.4 Å². The molecule has 0 bridgehead atoms. The van der Waals surface area contributed by atoms with Crippen molar-refractivity contribution in [3.05, 3.63) is 46.9 Å². The minimum Gasteiger partial charge on any atom is -0.382 e. The second kappa shape index (κ2) is 12.9. The molecule has 1 aliphatic heterocycles. The zero-order valence-corrected chi connectivity index (χ0v) is 21.9. The number of piperidine rings is 1. The SMILES string of the molecule is CCCNC(=O)c1csc(-c2c(-c3ccc(F)cc3)n[nH]c2C2CCN(C(=O)COCCOC)CC2)n1. The monoisotopic (exact) mass is 529 g/mol.